The van der Waals surface area contributed by atoms with E-state index in [1.54, 1.807) is 39.8 Å². The van der Waals surface area contributed by atoms with Gasteiger partial charge in [-0.3, -0.25) is 57.5 Å². The van der Waals surface area contributed by atoms with Gasteiger partial charge in [0.1, 0.15) is 71.1 Å². The molecule has 10 atom stereocenters. The molecule has 5 fully saturated rings. The highest BCUT2D eigenvalue weighted by atomic mass is 19.4. The van der Waals surface area contributed by atoms with Crippen molar-refractivity contribution < 1.29 is 88.3 Å². The van der Waals surface area contributed by atoms with Crippen LogP contribution in [-0.2, 0) is 70.1 Å². The minimum absolute atomic E-state index is 0.00290. The van der Waals surface area contributed by atoms with Gasteiger partial charge < -0.3 is 60.0 Å². The lowest BCUT2D eigenvalue weighted by Gasteiger charge is -2.46. The zero-order valence-corrected chi connectivity index (χ0v) is 60.8. The fraction of sp³-hybridized carbons (Fsp3) is 0.718. The summed E-state index contributed by atoms with van der Waals surface area (Å²) in [4.78, 5) is 189. The molecule has 2 saturated heterocycles. The van der Waals surface area contributed by atoms with Gasteiger partial charge in [-0.25, -0.2) is 17.6 Å². The molecule has 3 saturated carbocycles. The number of likely N-dealkylation sites (N-methyl/N-ethyl adjacent to an activating group) is 7. The zero-order chi connectivity index (χ0) is 75.8. The second-order valence-electron chi connectivity index (χ2n) is 29.5. The highest BCUT2D eigenvalue weighted by molar-refractivity contribution is 6.01. The molecule has 6 aliphatic rings. The molecule has 1 aromatic carbocycles. The molecular weight excluding hydrogens is 1350 g/mol. The SMILES string of the molecule is CC[C@H](C)[C@@H]1NC(=O)[C@H](CC)N(C)C(=O)C[C@@H](C(=O)N(C)C)N(C)C(=O)[C@H](C2CCCC2)N(C)C(=O)C2(CCC2)NC(=O)[C@@H]2C[C@H](C)CN2C(=O)[C@@H](CCc2cc(F)c(C(F)(F)F)c(F)c2)NC(=O)CN(C)C(=O)[C@H](CC2CCC(F)(F)CC2)N2CC/C=C\C[C@@H](C2=O)N(C)C(=O)CN(C)C1=O. The summed E-state index contributed by atoms with van der Waals surface area (Å²) in [5, 5.41) is 8.30. The van der Waals surface area contributed by atoms with E-state index in [-0.39, 0.29) is 76.4 Å². The van der Waals surface area contributed by atoms with Gasteiger partial charge in [-0.2, -0.15) is 13.2 Å². The first-order valence-corrected chi connectivity index (χ1v) is 35.6. The monoisotopic (exact) mass is 1450 g/mol. The van der Waals surface area contributed by atoms with Crippen LogP contribution in [0.5, 0.6) is 0 Å². The smallest absolute Gasteiger partial charge is 0.347 e. The third-order valence-corrected chi connectivity index (χ3v) is 21.9. The quantitative estimate of drug-likeness (QED) is 0.199. The lowest BCUT2D eigenvalue weighted by molar-refractivity contribution is -0.157. The molecule has 24 nitrogen and oxygen atoms in total. The highest BCUT2D eigenvalue weighted by Gasteiger charge is 2.54. The molecule has 2 bridgehead atoms. The minimum atomic E-state index is -5.42. The van der Waals surface area contributed by atoms with Crippen LogP contribution in [0.15, 0.2) is 24.3 Å². The largest absolute Gasteiger partial charge is 0.422 e. The van der Waals surface area contributed by atoms with Gasteiger partial charge in [0.25, 0.3) is 0 Å². The first-order valence-electron chi connectivity index (χ1n) is 35.6. The molecule has 1 spiro atoms. The van der Waals surface area contributed by atoms with E-state index in [2.05, 4.69) is 16.0 Å². The third-order valence-electron chi connectivity index (χ3n) is 21.9. The van der Waals surface area contributed by atoms with E-state index in [0.29, 0.717) is 50.7 Å². The number of rotatable bonds is 10. The Balaban J connectivity index is 1.31. The first-order chi connectivity index (χ1) is 47.8. The number of benzene rings is 1. The Labute approximate surface area is 592 Å². The summed E-state index contributed by atoms with van der Waals surface area (Å²) >= 11 is 0. The molecule has 3 aliphatic heterocycles. The molecule has 102 heavy (non-hydrogen) atoms. The molecule has 3 N–H and O–H groups in total. The predicted molar refractivity (Wildman–Crippen MR) is 359 cm³/mol. The van der Waals surface area contributed by atoms with E-state index < -0.39 is 223 Å². The average molecular weight is 1450 g/mol. The Morgan fingerprint density at radius 3 is 1.87 bits per heavy atom. The van der Waals surface area contributed by atoms with E-state index in [4.69, 9.17) is 0 Å². The normalized spacial score (nSPS) is 28.3. The van der Waals surface area contributed by atoms with Crippen molar-refractivity contribution in [1.29, 1.82) is 0 Å². The van der Waals surface area contributed by atoms with Crippen molar-refractivity contribution in [3.05, 3.63) is 47.0 Å². The molecule has 0 unspecified atom stereocenters. The molecule has 12 amide bonds. The number of carbonyl (C=O) groups is 12. The number of halogens is 7. The molecule has 7 rings (SSSR count). The first kappa shape index (κ1) is 81.4. The molecule has 1 aromatic rings. The summed E-state index contributed by atoms with van der Waals surface area (Å²) in [5.74, 6) is -18.2. The maximum absolute atomic E-state index is 15.4. The van der Waals surface area contributed by atoms with Crippen LogP contribution in [-0.4, -0.2) is 257 Å². The molecule has 0 radical (unpaired) electrons. The molecule has 3 heterocycles. The van der Waals surface area contributed by atoms with E-state index in [9.17, 15) is 50.7 Å². The van der Waals surface area contributed by atoms with Gasteiger partial charge in [0.2, 0.25) is 76.8 Å². The molecule has 31 heteroatoms. The molecular formula is C71H103F7N12O12. The van der Waals surface area contributed by atoms with Crippen LogP contribution in [0.4, 0.5) is 30.7 Å². The number of nitrogens with zero attached hydrogens (tertiary/aromatic N) is 9. The maximum atomic E-state index is 15.4. The molecule has 3 aliphatic carbocycles. The topological polar surface area (TPSA) is 270 Å². The van der Waals surface area contributed by atoms with E-state index >= 15 is 37.5 Å². The van der Waals surface area contributed by atoms with E-state index in [1.165, 1.54) is 71.1 Å². The molecule has 0 aromatic heterocycles. The second kappa shape index (κ2) is 34.1. The van der Waals surface area contributed by atoms with Crippen molar-refractivity contribution in [3.8, 4) is 0 Å². The summed E-state index contributed by atoms with van der Waals surface area (Å²) in [6.07, 6.45) is -1.65. The van der Waals surface area contributed by atoms with Crippen LogP contribution >= 0.6 is 0 Å². The van der Waals surface area contributed by atoms with Crippen molar-refractivity contribution in [2.75, 3.05) is 82.6 Å². The van der Waals surface area contributed by atoms with E-state index in [1.807, 2.05) is 0 Å². The summed E-state index contributed by atoms with van der Waals surface area (Å²) in [6.45, 7) is 5.09. The fourth-order valence-electron chi connectivity index (χ4n) is 15.3. The minimum Gasteiger partial charge on any atom is -0.347 e. The molecule has 568 valence electrons. The Morgan fingerprint density at radius 1 is 0.686 bits per heavy atom. The van der Waals surface area contributed by atoms with Gasteiger partial charge in [0, 0.05) is 82.3 Å². The van der Waals surface area contributed by atoms with Crippen LogP contribution < -0.4 is 16.0 Å². The number of amides is 12. The lowest BCUT2D eigenvalue weighted by Crippen LogP contribution is -2.68. The summed E-state index contributed by atoms with van der Waals surface area (Å²) in [5.41, 5.74) is -4.16. The van der Waals surface area contributed by atoms with Crippen molar-refractivity contribution in [2.24, 2.45) is 23.7 Å². The predicted octanol–water partition coefficient (Wildman–Crippen LogP) is 5.29. The Morgan fingerprint density at radius 2 is 1.30 bits per heavy atom. The number of carbonyl (C=O) groups excluding carboxylic acids is 12. The number of nitrogens with one attached hydrogen (secondary N) is 3. The van der Waals surface area contributed by atoms with Gasteiger partial charge in [-0.15, -0.1) is 0 Å². The van der Waals surface area contributed by atoms with Gasteiger partial charge in [-0.1, -0.05) is 59.1 Å². The number of alkyl halides is 5. The number of fused-ring (bicyclic) bond motifs is 3. The van der Waals surface area contributed by atoms with Crippen LogP contribution in [0.2, 0.25) is 0 Å². The van der Waals surface area contributed by atoms with Gasteiger partial charge >= 0.3 is 6.18 Å². The van der Waals surface area contributed by atoms with Gasteiger partial charge in [-0.05, 0) is 131 Å². The van der Waals surface area contributed by atoms with Crippen molar-refractivity contribution in [3.63, 3.8) is 0 Å². The zero-order valence-electron chi connectivity index (χ0n) is 60.8. The van der Waals surface area contributed by atoms with Crippen molar-refractivity contribution in [2.45, 2.75) is 222 Å². The average Bonchev–Trinajstić information content (AvgIpc) is 1.58. The second-order valence-corrected chi connectivity index (χ2v) is 29.5. The van der Waals surface area contributed by atoms with Crippen LogP contribution in [0.3, 0.4) is 0 Å². The van der Waals surface area contributed by atoms with Crippen molar-refractivity contribution in [1.82, 2.24) is 60.0 Å². The van der Waals surface area contributed by atoms with Gasteiger partial charge in [0.15, 0.2) is 0 Å². The number of hydrogen-bond acceptors (Lipinski definition) is 12. The Hall–Kier alpha value is -7.89. The number of hydrogen-bond donors (Lipinski definition) is 3. The van der Waals surface area contributed by atoms with Crippen LogP contribution in [0.25, 0.3) is 0 Å². The summed E-state index contributed by atoms with van der Waals surface area (Å²) < 4.78 is 101. The van der Waals surface area contributed by atoms with Gasteiger partial charge in [0.05, 0.1) is 19.5 Å². The highest BCUT2D eigenvalue weighted by Crippen LogP contribution is 2.41. The Kier molecular flexibility index (Phi) is 27.3. The fourth-order valence-corrected chi connectivity index (χ4v) is 15.3. The van der Waals surface area contributed by atoms with Crippen LogP contribution in [0, 0.1) is 35.3 Å². The van der Waals surface area contributed by atoms with E-state index in [0.717, 1.165) is 29.4 Å². The summed E-state index contributed by atoms with van der Waals surface area (Å²) in [7, 11) is 10.9. The number of aryl methyl sites for hydroxylation is 1. The summed E-state index contributed by atoms with van der Waals surface area (Å²) in [6, 6.07) is -10.2. The van der Waals surface area contributed by atoms with Crippen molar-refractivity contribution >= 4 is 70.9 Å². The Bertz CT molecular complexity index is 3300. The lowest BCUT2D eigenvalue weighted by atomic mass is 9.74. The van der Waals surface area contributed by atoms with Crippen LogP contribution in [0.1, 0.15) is 161 Å². The standard InChI is InChI=1S/C71H103F7N12O12/c1-13-42(4)58-66(100)84(8)40-56(93)86(10)50-23-16-15-19-32-89(65(50)99)53(36-43-26-30-70(74,75)31-27-43)64(98)83(7)39-54(91)79-48(25-24-44-34-46(72)57(47(73)35-44)71(76,77)78)62(96)90-38-41(3)33-51(90)61(95)81-69(28-20-29-69)68(102)88(12)59(45-21-17-18-22-45)67(101)87(11)52(63(97)82(5)6)37-55(92)85(9)49(14-2)60(94)80-58/h15-16,34-35,41-43,45,48-53,58-59H,13-14,17-33,36-40H2,1-12H3,(H,79,91)(H,80,94)(H,81,95)/b16-15-/t41-,42-,48+,49-,50-,51-,52-,53-,58-,59-/m0/s1. The maximum Gasteiger partial charge on any atom is 0.422 e. The third kappa shape index (κ3) is 18.9.